The van der Waals surface area contributed by atoms with E-state index in [0.29, 0.717) is 39.1 Å². The number of carbonyl (C=O) groups is 1. The second-order valence-electron chi connectivity index (χ2n) is 7.50. The van der Waals surface area contributed by atoms with Crippen molar-refractivity contribution in [3.8, 4) is 0 Å². The van der Waals surface area contributed by atoms with E-state index >= 15 is 0 Å². The van der Waals surface area contributed by atoms with Crippen molar-refractivity contribution in [1.82, 2.24) is 14.1 Å². The maximum atomic E-state index is 13.4. The molecule has 0 bridgehead atoms. The van der Waals surface area contributed by atoms with Gasteiger partial charge in [0.1, 0.15) is 0 Å². The molecular weight excluding hydrogens is 404 g/mol. The summed E-state index contributed by atoms with van der Waals surface area (Å²) in [5.41, 5.74) is 0.0581. The monoisotopic (exact) mass is 431 g/mol. The number of benzene rings is 1. The Morgan fingerprint density at radius 3 is 2.59 bits per heavy atom. The van der Waals surface area contributed by atoms with Gasteiger partial charge in [-0.2, -0.15) is 4.31 Å². The molecule has 2 heterocycles. The first-order valence-corrected chi connectivity index (χ1v) is 11.6. The summed E-state index contributed by atoms with van der Waals surface area (Å²) in [4.78, 5) is 16.3. The minimum atomic E-state index is -3.43. The fourth-order valence-electron chi connectivity index (χ4n) is 3.87. The Balaban J connectivity index is 1.59. The summed E-state index contributed by atoms with van der Waals surface area (Å²) in [6.07, 6.45) is 2.39. The molecule has 1 unspecified atom stereocenters. The third-order valence-corrected chi connectivity index (χ3v) is 6.74. The molecule has 0 saturated carbocycles. The van der Waals surface area contributed by atoms with Crippen LogP contribution in [0.4, 0.5) is 8.78 Å². The first kappa shape index (κ1) is 22.1. The average Bonchev–Trinajstić information content (AvgIpc) is 3.16. The second kappa shape index (κ2) is 9.46. The molecule has 1 atom stereocenters. The molecule has 162 valence electrons. The number of halogens is 2. The lowest BCUT2D eigenvalue weighted by Crippen LogP contribution is -2.44. The molecule has 0 radical (unpaired) electrons. The van der Waals surface area contributed by atoms with Crippen LogP contribution >= 0.6 is 0 Å². The van der Waals surface area contributed by atoms with Crippen LogP contribution in [-0.2, 0) is 14.8 Å². The molecule has 0 aromatic heterocycles. The number of morpholine rings is 1. The minimum absolute atomic E-state index is 0.0581. The zero-order valence-corrected chi connectivity index (χ0v) is 17.3. The fourth-order valence-corrected chi connectivity index (χ4v) is 5.04. The van der Waals surface area contributed by atoms with Crippen molar-refractivity contribution in [3.63, 3.8) is 0 Å². The van der Waals surface area contributed by atoms with Crippen LogP contribution in [0, 0.1) is 11.6 Å². The van der Waals surface area contributed by atoms with Crippen LogP contribution in [-0.4, -0.2) is 93.2 Å². The van der Waals surface area contributed by atoms with Gasteiger partial charge in [-0.05, 0) is 37.6 Å². The molecule has 2 aliphatic rings. The van der Waals surface area contributed by atoms with E-state index in [1.807, 2.05) is 0 Å². The molecular formula is C19H27F2N3O4S. The highest BCUT2D eigenvalue weighted by Gasteiger charge is 2.35. The van der Waals surface area contributed by atoms with E-state index < -0.39 is 27.6 Å². The number of carbonyl (C=O) groups excluding carboxylic acids is 1. The van der Waals surface area contributed by atoms with Crippen LogP contribution in [0.5, 0.6) is 0 Å². The van der Waals surface area contributed by atoms with Gasteiger partial charge in [0.05, 0.1) is 19.5 Å². The van der Waals surface area contributed by atoms with Gasteiger partial charge in [0.2, 0.25) is 10.0 Å². The Labute approximate surface area is 170 Å². The molecule has 2 saturated heterocycles. The molecule has 0 spiro atoms. The molecule has 0 aliphatic carbocycles. The number of hydrogen-bond acceptors (Lipinski definition) is 5. The number of hydrogen-bond donors (Lipinski definition) is 0. The molecule has 3 rings (SSSR count). The first-order valence-electron chi connectivity index (χ1n) is 9.77. The van der Waals surface area contributed by atoms with Crippen LogP contribution in [0.2, 0.25) is 0 Å². The minimum Gasteiger partial charge on any atom is -0.379 e. The number of nitrogens with zero attached hydrogens (tertiary/aromatic N) is 3. The molecule has 2 aliphatic heterocycles. The summed E-state index contributed by atoms with van der Waals surface area (Å²) in [5.74, 6) is -2.51. The van der Waals surface area contributed by atoms with Gasteiger partial charge in [0.25, 0.3) is 5.91 Å². The van der Waals surface area contributed by atoms with Gasteiger partial charge in [-0.1, -0.05) is 0 Å². The number of likely N-dealkylation sites (tertiary alicyclic amines) is 1. The maximum absolute atomic E-state index is 13.4. The van der Waals surface area contributed by atoms with E-state index in [1.54, 1.807) is 0 Å². The Kier molecular flexibility index (Phi) is 7.20. The summed E-state index contributed by atoms with van der Waals surface area (Å²) in [5, 5.41) is 0. The third kappa shape index (κ3) is 5.71. The average molecular weight is 432 g/mol. The van der Waals surface area contributed by atoms with Crippen molar-refractivity contribution in [1.29, 1.82) is 0 Å². The van der Waals surface area contributed by atoms with Gasteiger partial charge in [0.15, 0.2) is 11.6 Å². The fraction of sp³-hybridized carbons (Fsp3) is 0.632. The van der Waals surface area contributed by atoms with E-state index in [0.717, 1.165) is 31.8 Å². The zero-order chi connectivity index (χ0) is 21.0. The second-order valence-corrected chi connectivity index (χ2v) is 9.44. The zero-order valence-electron chi connectivity index (χ0n) is 16.5. The van der Waals surface area contributed by atoms with Gasteiger partial charge in [0, 0.05) is 44.3 Å². The van der Waals surface area contributed by atoms with Gasteiger partial charge in [-0.15, -0.1) is 0 Å². The lowest BCUT2D eigenvalue weighted by atomic mass is 10.2. The molecule has 29 heavy (non-hydrogen) atoms. The van der Waals surface area contributed by atoms with E-state index in [2.05, 4.69) is 4.90 Å². The van der Waals surface area contributed by atoms with Gasteiger partial charge < -0.3 is 9.64 Å². The predicted octanol–water partition coefficient (Wildman–Crippen LogP) is 1.16. The standard InChI is InChI=1S/C19H27F2N3O4S/c1-29(26,27)24(7-2-6-22-9-11-28-12-10-22)16-5-8-23(14-16)19(25)15-3-4-17(20)18(21)13-15/h3-4,13,16H,2,5-12,14H2,1H3. The molecule has 2 fully saturated rings. The summed E-state index contributed by atoms with van der Waals surface area (Å²) < 4.78 is 58.0. The number of sulfonamides is 1. The van der Waals surface area contributed by atoms with Crippen molar-refractivity contribution in [2.75, 3.05) is 58.7 Å². The Hall–Kier alpha value is -1.62. The van der Waals surface area contributed by atoms with E-state index in [4.69, 9.17) is 4.74 Å². The van der Waals surface area contributed by atoms with Gasteiger partial charge >= 0.3 is 0 Å². The topological polar surface area (TPSA) is 70.2 Å². The molecule has 10 heteroatoms. The SMILES string of the molecule is CS(=O)(=O)N(CCCN1CCOCC1)C1CCN(C(=O)c2ccc(F)c(F)c2)C1. The van der Waals surface area contributed by atoms with Crippen molar-refractivity contribution >= 4 is 15.9 Å². The van der Waals surface area contributed by atoms with Gasteiger partial charge in [-0.3, -0.25) is 9.69 Å². The molecule has 7 nitrogen and oxygen atoms in total. The Bertz CT molecular complexity index is 831. The van der Waals surface area contributed by atoms with Crippen molar-refractivity contribution < 1.29 is 26.7 Å². The summed E-state index contributed by atoms with van der Waals surface area (Å²) in [6.45, 7) is 4.87. The third-order valence-electron chi connectivity index (χ3n) is 5.41. The highest BCUT2D eigenvalue weighted by molar-refractivity contribution is 7.88. The number of rotatable bonds is 7. The summed E-state index contributed by atoms with van der Waals surface area (Å²) >= 11 is 0. The van der Waals surface area contributed by atoms with Crippen LogP contribution in [0.1, 0.15) is 23.2 Å². The van der Waals surface area contributed by atoms with Crippen LogP contribution in [0.15, 0.2) is 18.2 Å². The van der Waals surface area contributed by atoms with E-state index in [1.165, 1.54) is 21.5 Å². The molecule has 0 N–H and O–H groups in total. The number of amides is 1. The van der Waals surface area contributed by atoms with Gasteiger partial charge in [-0.25, -0.2) is 17.2 Å². The predicted molar refractivity (Wildman–Crippen MR) is 104 cm³/mol. The van der Waals surface area contributed by atoms with E-state index in [-0.39, 0.29) is 18.2 Å². The molecule has 1 aromatic carbocycles. The highest BCUT2D eigenvalue weighted by Crippen LogP contribution is 2.21. The Morgan fingerprint density at radius 1 is 1.21 bits per heavy atom. The molecule has 1 amide bonds. The Morgan fingerprint density at radius 2 is 1.93 bits per heavy atom. The number of ether oxygens (including phenoxy) is 1. The smallest absolute Gasteiger partial charge is 0.254 e. The summed E-state index contributed by atoms with van der Waals surface area (Å²) in [6, 6.07) is 2.72. The van der Waals surface area contributed by atoms with Crippen LogP contribution < -0.4 is 0 Å². The molecule has 1 aromatic rings. The highest BCUT2D eigenvalue weighted by atomic mass is 32.2. The van der Waals surface area contributed by atoms with Crippen molar-refractivity contribution in [2.24, 2.45) is 0 Å². The lowest BCUT2D eigenvalue weighted by molar-refractivity contribution is 0.0366. The normalized spacial score (nSPS) is 21.1. The van der Waals surface area contributed by atoms with Crippen molar-refractivity contribution in [3.05, 3.63) is 35.4 Å². The summed E-state index contributed by atoms with van der Waals surface area (Å²) in [7, 11) is -3.43. The van der Waals surface area contributed by atoms with E-state index in [9.17, 15) is 22.0 Å². The van der Waals surface area contributed by atoms with Crippen LogP contribution in [0.3, 0.4) is 0 Å². The largest absolute Gasteiger partial charge is 0.379 e. The quantitative estimate of drug-likeness (QED) is 0.648. The van der Waals surface area contributed by atoms with Crippen molar-refractivity contribution in [2.45, 2.75) is 18.9 Å². The maximum Gasteiger partial charge on any atom is 0.254 e. The van der Waals surface area contributed by atoms with Crippen LogP contribution in [0.25, 0.3) is 0 Å². The lowest BCUT2D eigenvalue weighted by Gasteiger charge is -2.30. The first-order chi connectivity index (χ1) is 13.8.